The number of aromatic nitrogens is 4. The Kier molecular flexibility index (Phi) is 4.55. The number of nitrogens with one attached hydrogen (secondary N) is 1. The number of hydrogen-bond acceptors (Lipinski definition) is 6. The molecule has 3 aromatic heterocycles. The molecule has 0 aliphatic heterocycles. The fourth-order valence-electron chi connectivity index (χ4n) is 2.65. The molecule has 0 saturated heterocycles. The van der Waals surface area contributed by atoms with Gasteiger partial charge in [-0.25, -0.2) is 4.98 Å². The highest BCUT2D eigenvalue weighted by Crippen LogP contribution is 2.18. The summed E-state index contributed by atoms with van der Waals surface area (Å²) in [6.07, 6.45) is 3.92. The zero-order chi connectivity index (χ0) is 18.8. The van der Waals surface area contributed by atoms with Gasteiger partial charge in [0.05, 0.1) is 5.69 Å². The van der Waals surface area contributed by atoms with Crippen LogP contribution in [0.15, 0.2) is 48.8 Å². The molecule has 1 N–H and O–H groups in total. The molecule has 0 aliphatic carbocycles. The van der Waals surface area contributed by atoms with Crippen molar-refractivity contribution >= 4 is 28.0 Å². The molecule has 7 nitrogen and oxygen atoms in total. The van der Waals surface area contributed by atoms with Crippen LogP contribution in [0.1, 0.15) is 26.6 Å². The van der Waals surface area contributed by atoms with E-state index in [9.17, 15) is 4.79 Å². The van der Waals surface area contributed by atoms with E-state index >= 15 is 0 Å². The predicted molar refractivity (Wildman–Crippen MR) is 103 cm³/mol. The summed E-state index contributed by atoms with van der Waals surface area (Å²) in [5.41, 5.74) is 3.41. The Morgan fingerprint density at radius 3 is 2.70 bits per heavy atom. The van der Waals surface area contributed by atoms with Crippen molar-refractivity contribution in [3.8, 4) is 5.75 Å². The maximum Gasteiger partial charge on any atom is 0.257 e. The van der Waals surface area contributed by atoms with Crippen LogP contribution in [-0.4, -0.2) is 25.5 Å². The van der Waals surface area contributed by atoms with E-state index in [-0.39, 0.29) is 5.91 Å². The molecule has 0 bridgehead atoms. The van der Waals surface area contributed by atoms with Crippen molar-refractivity contribution in [3.63, 3.8) is 0 Å². The van der Waals surface area contributed by atoms with E-state index in [1.54, 1.807) is 24.3 Å². The zero-order valence-corrected chi connectivity index (χ0v) is 15.7. The fourth-order valence-corrected chi connectivity index (χ4v) is 3.24. The molecule has 8 heteroatoms. The first-order valence-corrected chi connectivity index (χ1v) is 9.18. The molecule has 0 atom stereocenters. The molecule has 4 rings (SSSR count). The number of carbonyl (C=O) groups excluding carboxylic acids is 1. The first-order valence-electron chi connectivity index (χ1n) is 8.36. The van der Waals surface area contributed by atoms with E-state index in [2.05, 4.69) is 20.5 Å². The van der Waals surface area contributed by atoms with Crippen LogP contribution in [-0.2, 0) is 6.61 Å². The van der Waals surface area contributed by atoms with E-state index < -0.39 is 0 Å². The minimum atomic E-state index is -0.228. The van der Waals surface area contributed by atoms with Crippen LogP contribution in [0.25, 0.3) is 5.65 Å². The molecule has 0 saturated carbocycles. The van der Waals surface area contributed by atoms with Crippen molar-refractivity contribution < 1.29 is 9.53 Å². The number of aryl methyl sites for hydroxylation is 2. The maximum absolute atomic E-state index is 12.2. The smallest absolute Gasteiger partial charge is 0.257 e. The lowest BCUT2D eigenvalue weighted by molar-refractivity contribution is 0.102. The lowest BCUT2D eigenvalue weighted by atomic mass is 10.2. The average Bonchev–Trinajstić information content (AvgIpc) is 3.27. The van der Waals surface area contributed by atoms with Gasteiger partial charge in [0, 0.05) is 18.0 Å². The number of carbonyl (C=O) groups is 1. The molecule has 4 aromatic rings. The number of fused-ring (bicyclic) bond motifs is 1. The minimum absolute atomic E-state index is 0.228. The normalized spacial score (nSPS) is 10.9. The van der Waals surface area contributed by atoms with Gasteiger partial charge in [0.1, 0.15) is 23.0 Å². The van der Waals surface area contributed by atoms with Crippen molar-refractivity contribution in [2.75, 3.05) is 5.32 Å². The highest BCUT2D eigenvalue weighted by atomic mass is 32.1. The summed E-state index contributed by atoms with van der Waals surface area (Å²) in [7, 11) is 0. The largest absolute Gasteiger partial charge is 0.487 e. The molecule has 1 aromatic carbocycles. The highest BCUT2D eigenvalue weighted by Gasteiger charge is 2.10. The zero-order valence-electron chi connectivity index (χ0n) is 14.8. The first kappa shape index (κ1) is 17.2. The second kappa shape index (κ2) is 7.16. The Hall–Kier alpha value is -3.26. The summed E-state index contributed by atoms with van der Waals surface area (Å²) in [5.74, 6) is 0.445. The summed E-state index contributed by atoms with van der Waals surface area (Å²) >= 11 is 1.33. The van der Waals surface area contributed by atoms with E-state index in [1.807, 2.05) is 42.8 Å². The van der Waals surface area contributed by atoms with Crippen LogP contribution in [0, 0.1) is 13.8 Å². The number of hydrogen-bond donors (Lipinski definition) is 1. The minimum Gasteiger partial charge on any atom is -0.487 e. The average molecular weight is 379 g/mol. The van der Waals surface area contributed by atoms with Gasteiger partial charge in [-0.3, -0.25) is 10.1 Å². The third kappa shape index (κ3) is 3.80. The van der Waals surface area contributed by atoms with E-state index in [0.717, 1.165) is 21.9 Å². The molecule has 0 unspecified atom stereocenters. The lowest BCUT2D eigenvalue weighted by Gasteiger charge is -2.05. The number of anilines is 1. The van der Waals surface area contributed by atoms with Crippen LogP contribution in [0.4, 0.5) is 5.13 Å². The molecule has 3 heterocycles. The summed E-state index contributed by atoms with van der Waals surface area (Å²) in [4.78, 5) is 16.8. The van der Waals surface area contributed by atoms with Crippen molar-refractivity contribution in [2.24, 2.45) is 0 Å². The summed E-state index contributed by atoms with van der Waals surface area (Å²) in [6, 6.07) is 11.0. The van der Waals surface area contributed by atoms with Gasteiger partial charge < -0.3 is 9.14 Å². The Balaban J connectivity index is 1.39. The Bertz CT molecular complexity index is 1100. The number of pyridine rings is 1. The van der Waals surface area contributed by atoms with Gasteiger partial charge in [-0.15, -0.1) is 10.2 Å². The van der Waals surface area contributed by atoms with Crippen LogP contribution in [0.5, 0.6) is 5.75 Å². The van der Waals surface area contributed by atoms with Crippen LogP contribution >= 0.6 is 11.3 Å². The maximum atomic E-state index is 12.2. The van der Waals surface area contributed by atoms with Crippen LogP contribution < -0.4 is 10.1 Å². The predicted octanol–water partition coefficient (Wildman–Crippen LogP) is 3.63. The monoisotopic (exact) mass is 379 g/mol. The molecule has 0 aliphatic rings. The van der Waals surface area contributed by atoms with Gasteiger partial charge in [-0.1, -0.05) is 17.4 Å². The topological polar surface area (TPSA) is 81.4 Å². The van der Waals surface area contributed by atoms with Gasteiger partial charge in [0.25, 0.3) is 5.91 Å². The Morgan fingerprint density at radius 1 is 1.19 bits per heavy atom. The van der Waals surface area contributed by atoms with Gasteiger partial charge in [-0.2, -0.15) is 0 Å². The second-order valence-electron chi connectivity index (χ2n) is 6.05. The van der Waals surface area contributed by atoms with E-state index in [1.165, 1.54) is 11.3 Å². The number of benzene rings is 1. The highest BCUT2D eigenvalue weighted by molar-refractivity contribution is 7.15. The van der Waals surface area contributed by atoms with Crippen molar-refractivity contribution in [3.05, 3.63) is 70.6 Å². The van der Waals surface area contributed by atoms with Gasteiger partial charge >= 0.3 is 0 Å². The van der Waals surface area contributed by atoms with Gasteiger partial charge in [0.2, 0.25) is 5.13 Å². The summed E-state index contributed by atoms with van der Waals surface area (Å²) in [6.45, 7) is 4.22. The number of amides is 1. The fraction of sp³-hybridized carbons (Fsp3) is 0.158. The number of ether oxygens (including phenoxy) is 1. The molecule has 0 fully saturated rings. The van der Waals surface area contributed by atoms with Crippen molar-refractivity contribution in [1.82, 2.24) is 19.6 Å². The van der Waals surface area contributed by atoms with Crippen LogP contribution in [0.2, 0.25) is 0 Å². The van der Waals surface area contributed by atoms with Crippen molar-refractivity contribution in [1.29, 1.82) is 0 Å². The molecule has 0 spiro atoms. The third-order valence-electron chi connectivity index (χ3n) is 3.98. The van der Waals surface area contributed by atoms with Gasteiger partial charge in [0.15, 0.2) is 0 Å². The number of nitrogens with zero attached hydrogens (tertiary/aromatic N) is 4. The number of imidazole rings is 1. The quantitative estimate of drug-likeness (QED) is 0.573. The second-order valence-corrected chi connectivity index (χ2v) is 7.23. The standard InChI is InChI=1S/C19H17N5O2S/c1-12-4-3-9-24-10-15(20-17(12)24)11-26-16-7-5-14(6-8-16)18(25)21-19-23-22-13(2)27-19/h3-10H,11H2,1-2H3,(H,21,23,25). The Labute approximate surface area is 159 Å². The van der Waals surface area contributed by atoms with E-state index in [0.29, 0.717) is 23.1 Å². The van der Waals surface area contributed by atoms with Crippen molar-refractivity contribution in [2.45, 2.75) is 20.5 Å². The molecular weight excluding hydrogens is 362 g/mol. The lowest BCUT2D eigenvalue weighted by Crippen LogP contribution is -2.11. The molecular formula is C19H17N5O2S. The SMILES string of the molecule is Cc1nnc(NC(=O)c2ccc(OCc3cn4cccc(C)c4n3)cc2)s1. The summed E-state index contributed by atoms with van der Waals surface area (Å²) < 4.78 is 7.77. The van der Waals surface area contributed by atoms with Gasteiger partial charge in [-0.05, 0) is 49.7 Å². The molecule has 27 heavy (non-hydrogen) atoms. The van der Waals surface area contributed by atoms with E-state index in [4.69, 9.17) is 4.74 Å². The molecule has 0 radical (unpaired) electrons. The molecule has 1 amide bonds. The molecule has 136 valence electrons. The summed E-state index contributed by atoms with van der Waals surface area (Å²) in [5, 5.41) is 11.8. The van der Waals surface area contributed by atoms with Crippen LogP contribution in [0.3, 0.4) is 0 Å². The number of rotatable bonds is 5. The first-order chi connectivity index (χ1) is 13.1. The Morgan fingerprint density at radius 2 is 2.00 bits per heavy atom. The third-order valence-corrected chi connectivity index (χ3v) is 4.73.